The smallest absolute Gasteiger partial charge is 0.221 e. The van der Waals surface area contributed by atoms with Crippen molar-refractivity contribution < 1.29 is 14.2 Å². The molecule has 1 aliphatic carbocycles. The highest BCUT2D eigenvalue weighted by Crippen LogP contribution is 2.42. The van der Waals surface area contributed by atoms with Gasteiger partial charge in [0.05, 0.1) is 32.7 Å². The number of ether oxygens (including phenoxy) is 3. The van der Waals surface area contributed by atoms with E-state index in [0.717, 1.165) is 17.7 Å². The Balaban J connectivity index is 2.00. The minimum Gasteiger partial charge on any atom is -0.493 e. The lowest BCUT2D eigenvalue weighted by atomic mass is 9.68. The van der Waals surface area contributed by atoms with Crippen molar-refractivity contribution in [2.75, 3.05) is 27.1 Å². The molecule has 6 nitrogen and oxygen atoms in total. The lowest BCUT2D eigenvalue weighted by molar-refractivity contribution is 0.256. The first-order chi connectivity index (χ1) is 14.3. The van der Waals surface area contributed by atoms with Gasteiger partial charge in [-0.15, -0.1) is 0 Å². The quantitative estimate of drug-likeness (QED) is 0.665. The van der Waals surface area contributed by atoms with Gasteiger partial charge in [-0.3, -0.25) is 0 Å². The molecule has 1 aromatic heterocycles. The van der Waals surface area contributed by atoms with Crippen LogP contribution >= 0.6 is 0 Å². The van der Waals surface area contributed by atoms with Crippen LogP contribution in [0.15, 0.2) is 35.9 Å². The molecule has 1 atom stereocenters. The normalized spacial score (nSPS) is 18.2. The SMILES string of the molecule is COc1cc(-c2cc(/C=C/C3C(C)=CCCC3(C)C)nc(N)n2)cc(OC)c1OC. The lowest BCUT2D eigenvalue weighted by Gasteiger charge is -2.36. The van der Waals surface area contributed by atoms with Crippen LogP contribution in [0.4, 0.5) is 5.95 Å². The lowest BCUT2D eigenvalue weighted by Crippen LogP contribution is -2.26. The van der Waals surface area contributed by atoms with E-state index in [1.807, 2.05) is 24.3 Å². The Morgan fingerprint density at radius 3 is 2.27 bits per heavy atom. The number of benzene rings is 1. The van der Waals surface area contributed by atoms with Crippen molar-refractivity contribution >= 4 is 12.0 Å². The van der Waals surface area contributed by atoms with Crippen molar-refractivity contribution in [2.45, 2.75) is 33.6 Å². The molecule has 0 amide bonds. The van der Waals surface area contributed by atoms with Crippen molar-refractivity contribution in [1.29, 1.82) is 0 Å². The van der Waals surface area contributed by atoms with Gasteiger partial charge in [0.1, 0.15) is 0 Å². The number of anilines is 1. The summed E-state index contributed by atoms with van der Waals surface area (Å²) in [5, 5.41) is 0. The van der Waals surface area contributed by atoms with Gasteiger partial charge in [0.25, 0.3) is 0 Å². The molecule has 0 radical (unpaired) electrons. The highest BCUT2D eigenvalue weighted by Gasteiger charge is 2.30. The molecule has 0 fully saturated rings. The molecule has 0 spiro atoms. The molecule has 0 saturated carbocycles. The van der Waals surface area contributed by atoms with Crippen LogP contribution in [0.1, 0.15) is 39.3 Å². The molecule has 3 rings (SSSR count). The number of nitrogens with two attached hydrogens (primary N) is 1. The van der Waals surface area contributed by atoms with Gasteiger partial charge in [0, 0.05) is 11.5 Å². The Bertz CT molecular complexity index is 955. The summed E-state index contributed by atoms with van der Waals surface area (Å²) in [6, 6.07) is 5.63. The van der Waals surface area contributed by atoms with E-state index < -0.39 is 0 Å². The molecule has 0 saturated heterocycles. The zero-order chi connectivity index (χ0) is 21.9. The summed E-state index contributed by atoms with van der Waals surface area (Å²) in [6.45, 7) is 6.83. The van der Waals surface area contributed by atoms with E-state index >= 15 is 0 Å². The number of nitrogens with zero attached hydrogens (tertiary/aromatic N) is 2. The summed E-state index contributed by atoms with van der Waals surface area (Å²) in [4.78, 5) is 8.83. The van der Waals surface area contributed by atoms with Crippen molar-refractivity contribution in [3.05, 3.63) is 41.6 Å². The predicted molar refractivity (Wildman–Crippen MR) is 121 cm³/mol. The minimum atomic E-state index is 0.216. The summed E-state index contributed by atoms with van der Waals surface area (Å²) in [7, 11) is 4.76. The fraction of sp³-hybridized carbons (Fsp3) is 0.417. The summed E-state index contributed by atoms with van der Waals surface area (Å²) in [5.41, 5.74) is 9.91. The van der Waals surface area contributed by atoms with Gasteiger partial charge in [-0.25, -0.2) is 9.97 Å². The molecular formula is C24H31N3O3. The molecule has 2 aromatic rings. The standard InChI is InChI=1S/C24H31N3O3/c1-15-8-7-11-24(2,3)18(15)10-9-17-14-19(27-23(25)26-17)16-12-20(28-4)22(30-6)21(13-16)29-5/h8-10,12-14,18H,7,11H2,1-6H3,(H2,25,26,27)/b10-9+. The van der Waals surface area contributed by atoms with Crippen LogP contribution < -0.4 is 19.9 Å². The van der Waals surface area contributed by atoms with E-state index in [1.165, 1.54) is 12.0 Å². The zero-order valence-electron chi connectivity index (χ0n) is 18.7. The first kappa shape index (κ1) is 21.7. The van der Waals surface area contributed by atoms with Gasteiger partial charge in [0.15, 0.2) is 11.5 Å². The van der Waals surface area contributed by atoms with Gasteiger partial charge >= 0.3 is 0 Å². The van der Waals surface area contributed by atoms with Crippen LogP contribution in [-0.2, 0) is 0 Å². The Labute approximate surface area is 178 Å². The van der Waals surface area contributed by atoms with Gasteiger partial charge in [-0.1, -0.05) is 31.6 Å². The predicted octanol–water partition coefficient (Wildman–Crippen LogP) is 5.15. The van der Waals surface area contributed by atoms with Crippen LogP contribution in [0.2, 0.25) is 0 Å². The molecule has 160 valence electrons. The summed E-state index contributed by atoms with van der Waals surface area (Å²) in [5.74, 6) is 2.24. The Morgan fingerprint density at radius 2 is 1.70 bits per heavy atom. The fourth-order valence-corrected chi connectivity index (χ4v) is 4.13. The van der Waals surface area contributed by atoms with Crippen LogP contribution in [0, 0.1) is 11.3 Å². The van der Waals surface area contributed by atoms with Crippen molar-refractivity contribution in [2.24, 2.45) is 11.3 Å². The Hall–Kier alpha value is -3.02. The van der Waals surface area contributed by atoms with E-state index in [0.29, 0.717) is 28.9 Å². The second-order valence-electron chi connectivity index (χ2n) is 8.26. The topological polar surface area (TPSA) is 79.5 Å². The number of hydrogen-bond donors (Lipinski definition) is 1. The highest BCUT2D eigenvalue weighted by molar-refractivity contribution is 5.70. The summed E-state index contributed by atoms with van der Waals surface area (Å²) >= 11 is 0. The molecule has 30 heavy (non-hydrogen) atoms. The van der Waals surface area contributed by atoms with Gasteiger partial charge in [-0.05, 0) is 49.5 Å². The van der Waals surface area contributed by atoms with E-state index in [2.05, 4.69) is 42.9 Å². The van der Waals surface area contributed by atoms with Crippen molar-refractivity contribution in [3.63, 3.8) is 0 Å². The molecule has 0 bridgehead atoms. The first-order valence-corrected chi connectivity index (χ1v) is 10.1. The average molecular weight is 410 g/mol. The number of hydrogen-bond acceptors (Lipinski definition) is 6. The largest absolute Gasteiger partial charge is 0.493 e. The van der Waals surface area contributed by atoms with Crippen LogP contribution in [0.5, 0.6) is 17.2 Å². The molecular weight excluding hydrogens is 378 g/mol. The number of allylic oxidation sites excluding steroid dienone is 3. The second kappa shape index (κ2) is 8.78. The first-order valence-electron chi connectivity index (χ1n) is 10.1. The second-order valence-corrected chi connectivity index (χ2v) is 8.26. The Kier molecular flexibility index (Phi) is 6.34. The highest BCUT2D eigenvalue weighted by atomic mass is 16.5. The maximum Gasteiger partial charge on any atom is 0.221 e. The van der Waals surface area contributed by atoms with Gasteiger partial charge in [0.2, 0.25) is 11.7 Å². The van der Waals surface area contributed by atoms with E-state index in [-0.39, 0.29) is 11.4 Å². The van der Waals surface area contributed by atoms with E-state index in [4.69, 9.17) is 19.9 Å². The average Bonchev–Trinajstić information content (AvgIpc) is 2.71. The molecule has 1 unspecified atom stereocenters. The van der Waals surface area contributed by atoms with Gasteiger partial charge in [-0.2, -0.15) is 0 Å². The number of aromatic nitrogens is 2. The van der Waals surface area contributed by atoms with Crippen LogP contribution in [0.3, 0.4) is 0 Å². The van der Waals surface area contributed by atoms with E-state index in [1.54, 1.807) is 21.3 Å². The third kappa shape index (κ3) is 4.42. The third-order valence-electron chi connectivity index (χ3n) is 5.77. The summed E-state index contributed by atoms with van der Waals surface area (Å²) < 4.78 is 16.3. The fourth-order valence-electron chi connectivity index (χ4n) is 4.13. The Morgan fingerprint density at radius 1 is 1.03 bits per heavy atom. The zero-order valence-corrected chi connectivity index (χ0v) is 18.7. The number of rotatable bonds is 6. The number of methoxy groups -OCH3 is 3. The van der Waals surface area contributed by atoms with Crippen LogP contribution in [-0.4, -0.2) is 31.3 Å². The molecule has 1 aliphatic rings. The number of nitrogen functional groups attached to an aromatic ring is 1. The summed E-state index contributed by atoms with van der Waals surface area (Å²) in [6.07, 6.45) is 8.90. The van der Waals surface area contributed by atoms with Crippen molar-refractivity contribution in [3.8, 4) is 28.5 Å². The molecule has 6 heteroatoms. The van der Waals surface area contributed by atoms with Crippen molar-refractivity contribution in [1.82, 2.24) is 9.97 Å². The molecule has 2 N–H and O–H groups in total. The third-order valence-corrected chi connectivity index (χ3v) is 5.77. The maximum atomic E-state index is 6.03. The minimum absolute atomic E-state index is 0.216. The molecule has 0 aliphatic heterocycles. The van der Waals surface area contributed by atoms with E-state index in [9.17, 15) is 0 Å². The monoisotopic (exact) mass is 409 g/mol. The van der Waals surface area contributed by atoms with Gasteiger partial charge < -0.3 is 19.9 Å². The maximum absolute atomic E-state index is 6.03. The van der Waals surface area contributed by atoms with Crippen LogP contribution in [0.25, 0.3) is 17.3 Å². The molecule has 1 aromatic carbocycles. The molecule has 1 heterocycles.